The van der Waals surface area contributed by atoms with Crippen LogP contribution >= 0.6 is 23.4 Å². The fourth-order valence-electron chi connectivity index (χ4n) is 3.12. The molecule has 4 aromatic rings. The van der Waals surface area contributed by atoms with Crippen molar-refractivity contribution >= 4 is 45.9 Å². The third-order valence-corrected chi connectivity index (χ3v) is 6.02. The Bertz CT molecular complexity index is 1360. The molecule has 9 heteroatoms. The van der Waals surface area contributed by atoms with Crippen LogP contribution in [0.15, 0.2) is 76.7 Å². The highest BCUT2D eigenvalue weighted by molar-refractivity contribution is 7.99. The quantitative estimate of drug-likeness (QED) is 0.313. The first-order valence-electron chi connectivity index (χ1n) is 9.53. The lowest BCUT2D eigenvalue weighted by Crippen LogP contribution is -2.25. The van der Waals surface area contributed by atoms with Gasteiger partial charge in [0.25, 0.3) is 5.56 Å². The number of rotatable bonds is 6. The number of hydrogen-bond donors (Lipinski definition) is 1. The van der Waals surface area contributed by atoms with Crippen LogP contribution < -0.4 is 10.9 Å². The predicted molar refractivity (Wildman–Crippen MR) is 122 cm³/mol. The zero-order valence-electron chi connectivity index (χ0n) is 16.5. The van der Waals surface area contributed by atoms with Gasteiger partial charge in [-0.2, -0.15) is 0 Å². The molecule has 0 saturated carbocycles. The maximum absolute atomic E-state index is 13.8. The highest BCUT2D eigenvalue weighted by atomic mass is 35.5. The number of carbonyl (C=O) groups excluding carboxylic acids is 1. The lowest BCUT2D eigenvalue weighted by atomic mass is 10.2. The number of para-hydroxylation sites is 2. The summed E-state index contributed by atoms with van der Waals surface area (Å²) in [4.78, 5) is 30.0. The van der Waals surface area contributed by atoms with E-state index in [4.69, 9.17) is 11.6 Å². The molecule has 162 valence electrons. The van der Waals surface area contributed by atoms with Crippen molar-refractivity contribution in [3.8, 4) is 0 Å². The van der Waals surface area contributed by atoms with Crippen molar-refractivity contribution in [2.45, 2.75) is 11.7 Å². The second-order valence-electron chi connectivity index (χ2n) is 6.83. The lowest BCUT2D eigenvalue weighted by molar-refractivity contribution is -0.113. The minimum atomic E-state index is -0.872. The molecule has 1 amide bonds. The molecule has 0 saturated heterocycles. The van der Waals surface area contributed by atoms with E-state index in [0.29, 0.717) is 21.5 Å². The molecule has 0 aliphatic heterocycles. The maximum Gasteiger partial charge on any atom is 0.262 e. The predicted octanol–water partition coefficient (Wildman–Crippen LogP) is 5.11. The van der Waals surface area contributed by atoms with Gasteiger partial charge in [-0.15, -0.1) is 0 Å². The van der Waals surface area contributed by atoms with Crippen molar-refractivity contribution in [1.29, 1.82) is 0 Å². The number of nitrogens with zero attached hydrogens (tertiary/aromatic N) is 2. The molecule has 1 N–H and O–H groups in total. The van der Waals surface area contributed by atoms with Gasteiger partial charge in [-0.3, -0.25) is 14.2 Å². The second-order valence-corrected chi connectivity index (χ2v) is 8.18. The zero-order chi connectivity index (χ0) is 22.7. The normalized spacial score (nSPS) is 11.0. The molecule has 1 aromatic heterocycles. The Morgan fingerprint density at radius 2 is 1.69 bits per heavy atom. The molecular weight excluding hydrogens is 456 g/mol. The molecule has 0 atom stereocenters. The highest BCUT2D eigenvalue weighted by Gasteiger charge is 2.16. The first kappa shape index (κ1) is 22.0. The summed E-state index contributed by atoms with van der Waals surface area (Å²) in [6.07, 6.45) is 0. The van der Waals surface area contributed by atoms with Crippen molar-refractivity contribution in [3.05, 3.63) is 99.3 Å². The Morgan fingerprint density at radius 1 is 1.00 bits per heavy atom. The molecule has 0 fully saturated rings. The fourth-order valence-corrected chi connectivity index (χ4v) is 4.11. The van der Waals surface area contributed by atoms with Gasteiger partial charge in [-0.1, -0.05) is 59.8 Å². The Kier molecular flexibility index (Phi) is 6.53. The SMILES string of the molecule is O=C(CSc1nc2ccccc2c(=O)n1Cc1ccccc1Cl)Nc1c(F)cccc1F. The molecule has 0 spiro atoms. The summed E-state index contributed by atoms with van der Waals surface area (Å²) >= 11 is 7.26. The molecule has 0 radical (unpaired) electrons. The fraction of sp³-hybridized carbons (Fsp3) is 0.0870. The van der Waals surface area contributed by atoms with E-state index in [0.717, 1.165) is 23.9 Å². The van der Waals surface area contributed by atoms with E-state index in [9.17, 15) is 18.4 Å². The molecule has 3 aromatic carbocycles. The van der Waals surface area contributed by atoms with Gasteiger partial charge in [0, 0.05) is 5.02 Å². The first-order valence-corrected chi connectivity index (χ1v) is 10.9. The molecule has 32 heavy (non-hydrogen) atoms. The molecular formula is C23H16ClF2N3O2S. The Labute approximate surface area is 191 Å². The maximum atomic E-state index is 13.8. The van der Waals surface area contributed by atoms with Crippen molar-refractivity contribution in [1.82, 2.24) is 9.55 Å². The Morgan fingerprint density at radius 3 is 2.44 bits per heavy atom. The van der Waals surface area contributed by atoms with Gasteiger partial charge in [-0.05, 0) is 35.9 Å². The van der Waals surface area contributed by atoms with Crippen LogP contribution in [0.4, 0.5) is 14.5 Å². The van der Waals surface area contributed by atoms with E-state index < -0.39 is 23.2 Å². The molecule has 1 heterocycles. The molecule has 0 aliphatic carbocycles. The summed E-state index contributed by atoms with van der Waals surface area (Å²) in [6, 6.07) is 17.3. The van der Waals surface area contributed by atoms with Crippen LogP contribution in [0.1, 0.15) is 5.56 Å². The van der Waals surface area contributed by atoms with Crippen LogP contribution in [0.3, 0.4) is 0 Å². The molecule has 5 nitrogen and oxygen atoms in total. The summed E-state index contributed by atoms with van der Waals surface area (Å²) in [7, 11) is 0. The molecule has 0 aliphatic rings. The number of aromatic nitrogens is 2. The molecule has 0 unspecified atom stereocenters. The van der Waals surface area contributed by atoms with E-state index >= 15 is 0 Å². The number of halogens is 3. The number of hydrogen-bond acceptors (Lipinski definition) is 4. The second kappa shape index (κ2) is 9.50. The zero-order valence-corrected chi connectivity index (χ0v) is 18.1. The van der Waals surface area contributed by atoms with Gasteiger partial charge in [0.1, 0.15) is 17.3 Å². The van der Waals surface area contributed by atoms with Gasteiger partial charge in [0.2, 0.25) is 5.91 Å². The van der Waals surface area contributed by atoms with E-state index in [1.165, 1.54) is 10.6 Å². The van der Waals surface area contributed by atoms with Gasteiger partial charge >= 0.3 is 0 Å². The summed E-state index contributed by atoms with van der Waals surface area (Å²) in [6.45, 7) is 0.155. The van der Waals surface area contributed by atoms with E-state index in [1.54, 1.807) is 42.5 Å². The van der Waals surface area contributed by atoms with Gasteiger partial charge in [0.15, 0.2) is 5.16 Å². The number of anilines is 1. The van der Waals surface area contributed by atoms with E-state index in [1.807, 2.05) is 6.07 Å². The van der Waals surface area contributed by atoms with Crippen LogP contribution in [0.5, 0.6) is 0 Å². The number of nitrogens with one attached hydrogen (secondary N) is 1. The van der Waals surface area contributed by atoms with Gasteiger partial charge in [-0.25, -0.2) is 13.8 Å². The van der Waals surface area contributed by atoms with Crippen LogP contribution in [-0.2, 0) is 11.3 Å². The van der Waals surface area contributed by atoms with E-state index in [-0.39, 0.29) is 23.0 Å². The molecule has 0 bridgehead atoms. The van der Waals surface area contributed by atoms with Crippen LogP contribution in [0.25, 0.3) is 10.9 Å². The van der Waals surface area contributed by atoms with Gasteiger partial charge < -0.3 is 5.32 Å². The van der Waals surface area contributed by atoms with Gasteiger partial charge in [0.05, 0.1) is 23.2 Å². The Balaban J connectivity index is 1.64. The third kappa shape index (κ3) is 4.66. The largest absolute Gasteiger partial charge is 0.320 e. The van der Waals surface area contributed by atoms with Crippen molar-refractivity contribution in [2.75, 3.05) is 11.1 Å². The number of benzene rings is 3. The third-order valence-electron chi connectivity index (χ3n) is 4.67. The van der Waals surface area contributed by atoms with Crippen LogP contribution in [0, 0.1) is 11.6 Å². The summed E-state index contributed by atoms with van der Waals surface area (Å²) in [5.41, 5.74) is 0.403. The van der Waals surface area contributed by atoms with Crippen LogP contribution in [0.2, 0.25) is 5.02 Å². The highest BCUT2D eigenvalue weighted by Crippen LogP contribution is 2.23. The summed E-state index contributed by atoms with van der Waals surface area (Å²) < 4.78 is 29.1. The summed E-state index contributed by atoms with van der Waals surface area (Å²) in [5, 5.41) is 3.45. The topological polar surface area (TPSA) is 64.0 Å². The average molecular weight is 472 g/mol. The van der Waals surface area contributed by atoms with Crippen molar-refractivity contribution < 1.29 is 13.6 Å². The first-order chi connectivity index (χ1) is 15.4. The molecule has 4 rings (SSSR count). The minimum absolute atomic E-state index is 0.155. The Hall–Kier alpha value is -3.23. The number of thioether (sulfide) groups is 1. The number of fused-ring (bicyclic) bond motifs is 1. The van der Waals surface area contributed by atoms with Crippen molar-refractivity contribution in [2.24, 2.45) is 0 Å². The monoisotopic (exact) mass is 471 g/mol. The number of carbonyl (C=O) groups is 1. The average Bonchev–Trinajstić information content (AvgIpc) is 2.78. The van der Waals surface area contributed by atoms with Crippen molar-refractivity contribution in [3.63, 3.8) is 0 Å². The van der Waals surface area contributed by atoms with E-state index in [2.05, 4.69) is 10.3 Å². The number of amides is 1. The lowest BCUT2D eigenvalue weighted by Gasteiger charge is -2.14. The summed E-state index contributed by atoms with van der Waals surface area (Å²) in [5.74, 6) is -2.59. The minimum Gasteiger partial charge on any atom is -0.320 e. The smallest absolute Gasteiger partial charge is 0.262 e. The standard InChI is InChI=1S/C23H16ClF2N3O2S/c24-16-8-3-1-6-14(16)12-29-22(31)15-7-2-4-11-19(15)27-23(29)32-13-20(30)28-21-17(25)9-5-10-18(21)26/h1-11H,12-13H2,(H,28,30). The van der Waals surface area contributed by atoms with Crippen LogP contribution in [-0.4, -0.2) is 21.2 Å².